The van der Waals surface area contributed by atoms with Gasteiger partial charge >= 0.3 is 0 Å². The lowest BCUT2D eigenvalue weighted by molar-refractivity contribution is -0.115. The highest BCUT2D eigenvalue weighted by Gasteiger charge is 2.09. The minimum absolute atomic E-state index is 0.0104. The number of rotatable bonds is 3. The van der Waals surface area contributed by atoms with Crippen LogP contribution < -0.4 is 5.32 Å². The lowest BCUT2D eigenvalue weighted by atomic mass is 10.2. The third kappa shape index (κ3) is 2.59. The van der Waals surface area contributed by atoms with Gasteiger partial charge in [0.05, 0.1) is 11.4 Å². The fourth-order valence-electron chi connectivity index (χ4n) is 1.78. The third-order valence-electron chi connectivity index (χ3n) is 2.67. The largest absolute Gasteiger partial charge is 0.311 e. The van der Waals surface area contributed by atoms with E-state index in [-0.39, 0.29) is 5.91 Å². The molecule has 0 atom stereocenters. The highest BCUT2D eigenvalue weighted by atomic mass is 16.1. The molecule has 1 heterocycles. The van der Waals surface area contributed by atoms with Gasteiger partial charge in [0.2, 0.25) is 5.91 Å². The van der Waals surface area contributed by atoms with Crippen LogP contribution in [0.2, 0.25) is 0 Å². The van der Waals surface area contributed by atoms with E-state index >= 15 is 0 Å². The molecule has 1 aromatic carbocycles. The second kappa shape index (κ2) is 5.04. The van der Waals surface area contributed by atoms with Crippen LogP contribution in [0.5, 0.6) is 0 Å². The van der Waals surface area contributed by atoms with Gasteiger partial charge in [-0.25, -0.2) is 4.68 Å². The number of aromatic nitrogens is 2. The van der Waals surface area contributed by atoms with Gasteiger partial charge in [-0.1, -0.05) is 19.1 Å². The molecule has 0 saturated carbocycles. The third-order valence-corrected chi connectivity index (χ3v) is 2.67. The fourth-order valence-corrected chi connectivity index (χ4v) is 1.78. The number of nitrogens with zero attached hydrogens (tertiary/aromatic N) is 2. The van der Waals surface area contributed by atoms with Gasteiger partial charge in [-0.2, -0.15) is 5.10 Å². The average Bonchev–Trinajstić information content (AvgIpc) is 2.70. The van der Waals surface area contributed by atoms with Crippen LogP contribution >= 0.6 is 0 Å². The highest BCUT2D eigenvalue weighted by Crippen LogP contribution is 2.18. The number of carbonyl (C=O) groups excluding carboxylic acids is 1. The Labute approximate surface area is 107 Å². The van der Waals surface area contributed by atoms with Crippen molar-refractivity contribution in [2.75, 3.05) is 5.32 Å². The van der Waals surface area contributed by atoms with Crippen molar-refractivity contribution in [3.05, 3.63) is 41.6 Å². The Morgan fingerprint density at radius 1 is 1.33 bits per heavy atom. The number of hydrogen-bond donors (Lipinski definition) is 1. The molecule has 2 rings (SSSR count). The molecule has 0 unspecified atom stereocenters. The van der Waals surface area contributed by atoms with Crippen LogP contribution in [-0.2, 0) is 4.79 Å². The first-order chi connectivity index (χ1) is 8.60. The Bertz CT molecular complexity index is 572. The molecular weight excluding hydrogens is 226 g/mol. The summed E-state index contributed by atoms with van der Waals surface area (Å²) in [6.07, 6.45) is 0.456. The van der Waals surface area contributed by atoms with Crippen molar-refractivity contribution in [2.45, 2.75) is 27.2 Å². The molecule has 1 N–H and O–H groups in total. The smallest absolute Gasteiger partial charge is 0.225 e. The Morgan fingerprint density at radius 3 is 2.78 bits per heavy atom. The number of benzene rings is 1. The summed E-state index contributed by atoms with van der Waals surface area (Å²) in [4.78, 5) is 11.5. The molecule has 0 bridgehead atoms. The van der Waals surface area contributed by atoms with E-state index in [0.29, 0.717) is 12.2 Å². The van der Waals surface area contributed by atoms with Gasteiger partial charge in [0.1, 0.15) is 5.82 Å². The predicted octanol–water partition coefficient (Wildman–Crippen LogP) is 2.84. The molecule has 18 heavy (non-hydrogen) atoms. The van der Waals surface area contributed by atoms with Crippen LogP contribution in [-0.4, -0.2) is 15.7 Å². The van der Waals surface area contributed by atoms with Crippen molar-refractivity contribution >= 4 is 11.7 Å². The Hall–Kier alpha value is -2.10. The summed E-state index contributed by atoms with van der Waals surface area (Å²) in [5.74, 6) is 0.703. The van der Waals surface area contributed by atoms with E-state index in [2.05, 4.69) is 10.4 Å². The maximum atomic E-state index is 11.5. The molecule has 94 valence electrons. The SMILES string of the molecule is CCC(=O)Nc1cc(C)nn1-c1cccc(C)c1. The molecular formula is C14H17N3O. The lowest BCUT2D eigenvalue weighted by Crippen LogP contribution is -2.13. The minimum atomic E-state index is -0.0104. The summed E-state index contributed by atoms with van der Waals surface area (Å²) >= 11 is 0. The van der Waals surface area contributed by atoms with E-state index in [1.807, 2.05) is 51.1 Å². The molecule has 0 saturated heterocycles. The van der Waals surface area contributed by atoms with Crippen molar-refractivity contribution in [3.8, 4) is 5.69 Å². The molecule has 0 radical (unpaired) electrons. The summed E-state index contributed by atoms with van der Waals surface area (Å²) in [5, 5.41) is 7.27. The van der Waals surface area contributed by atoms with E-state index in [0.717, 1.165) is 16.9 Å². The molecule has 0 spiro atoms. The van der Waals surface area contributed by atoms with Crippen LogP contribution in [0.25, 0.3) is 5.69 Å². The summed E-state index contributed by atoms with van der Waals surface area (Å²) in [6.45, 7) is 5.77. The van der Waals surface area contributed by atoms with Crippen molar-refractivity contribution in [1.29, 1.82) is 0 Å². The van der Waals surface area contributed by atoms with E-state index in [9.17, 15) is 4.79 Å². The first kappa shape index (κ1) is 12.4. The van der Waals surface area contributed by atoms with E-state index in [1.165, 1.54) is 0 Å². The first-order valence-electron chi connectivity index (χ1n) is 6.03. The van der Waals surface area contributed by atoms with Gasteiger partial charge in [-0.15, -0.1) is 0 Å². The zero-order valence-electron chi connectivity index (χ0n) is 10.9. The summed E-state index contributed by atoms with van der Waals surface area (Å²) < 4.78 is 1.76. The van der Waals surface area contributed by atoms with Crippen molar-refractivity contribution < 1.29 is 4.79 Å². The van der Waals surface area contributed by atoms with Gasteiger partial charge in [-0.3, -0.25) is 4.79 Å². The van der Waals surface area contributed by atoms with Gasteiger partial charge < -0.3 is 5.32 Å². The van der Waals surface area contributed by atoms with Crippen LogP contribution in [0.3, 0.4) is 0 Å². The molecule has 1 aromatic heterocycles. The topological polar surface area (TPSA) is 46.9 Å². The standard InChI is InChI=1S/C14H17N3O/c1-4-14(18)15-13-9-11(3)16-17(13)12-7-5-6-10(2)8-12/h5-9H,4H2,1-3H3,(H,15,18). The second-order valence-electron chi connectivity index (χ2n) is 4.32. The fraction of sp³-hybridized carbons (Fsp3) is 0.286. The van der Waals surface area contributed by atoms with E-state index in [4.69, 9.17) is 0 Å². The second-order valence-corrected chi connectivity index (χ2v) is 4.32. The molecule has 4 nitrogen and oxygen atoms in total. The predicted molar refractivity (Wildman–Crippen MR) is 72.0 cm³/mol. The Balaban J connectivity index is 2.41. The summed E-state index contributed by atoms with van der Waals surface area (Å²) in [6, 6.07) is 9.89. The Morgan fingerprint density at radius 2 is 2.11 bits per heavy atom. The van der Waals surface area contributed by atoms with Gasteiger partial charge in [0.25, 0.3) is 0 Å². The molecule has 0 fully saturated rings. The molecule has 1 amide bonds. The van der Waals surface area contributed by atoms with Gasteiger partial charge in [0.15, 0.2) is 0 Å². The van der Waals surface area contributed by atoms with E-state index in [1.54, 1.807) is 4.68 Å². The minimum Gasteiger partial charge on any atom is -0.311 e. The molecule has 0 aliphatic rings. The van der Waals surface area contributed by atoms with Gasteiger partial charge in [-0.05, 0) is 31.5 Å². The molecule has 0 aliphatic heterocycles. The van der Waals surface area contributed by atoms with Crippen molar-refractivity contribution in [2.24, 2.45) is 0 Å². The number of amides is 1. The maximum Gasteiger partial charge on any atom is 0.225 e. The number of nitrogens with one attached hydrogen (secondary N) is 1. The van der Waals surface area contributed by atoms with Crippen molar-refractivity contribution in [3.63, 3.8) is 0 Å². The lowest BCUT2D eigenvalue weighted by Gasteiger charge is -2.08. The monoisotopic (exact) mass is 243 g/mol. The van der Waals surface area contributed by atoms with Crippen molar-refractivity contribution in [1.82, 2.24) is 9.78 Å². The molecule has 2 aromatic rings. The highest BCUT2D eigenvalue weighted by molar-refractivity contribution is 5.89. The summed E-state index contributed by atoms with van der Waals surface area (Å²) in [7, 11) is 0. The Kier molecular flexibility index (Phi) is 3.46. The number of anilines is 1. The van der Waals surface area contributed by atoms with Crippen LogP contribution in [0.1, 0.15) is 24.6 Å². The molecule has 4 heteroatoms. The molecule has 0 aliphatic carbocycles. The zero-order chi connectivity index (χ0) is 13.1. The number of aryl methyl sites for hydroxylation is 2. The summed E-state index contributed by atoms with van der Waals surface area (Å²) in [5.41, 5.74) is 2.99. The first-order valence-corrected chi connectivity index (χ1v) is 6.03. The average molecular weight is 243 g/mol. The maximum absolute atomic E-state index is 11.5. The zero-order valence-corrected chi connectivity index (χ0v) is 10.9. The van der Waals surface area contributed by atoms with Gasteiger partial charge in [0, 0.05) is 12.5 Å². The number of hydrogen-bond acceptors (Lipinski definition) is 2. The van der Waals surface area contributed by atoms with Crippen LogP contribution in [0.15, 0.2) is 30.3 Å². The quantitative estimate of drug-likeness (QED) is 0.901. The van der Waals surface area contributed by atoms with Crippen LogP contribution in [0, 0.1) is 13.8 Å². The normalized spacial score (nSPS) is 10.4. The van der Waals surface area contributed by atoms with Crippen LogP contribution in [0.4, 0.5) is 5.82 Å². The number of carbonyl (C=O) groups is 1. The van der Waals surface area contributed by atoms with E-state index < -0.39 is 0 Å².